The SMILES string of the molecule is C[C@H](C#N)CN(C)C(=O)c1cc(-c2ccccc2)on1. The first-order valence-electron chi connectivity index (χ1n) is 6.29. The van der Waals surface area contributed by atoms with Gasteiger partial charge in [-0.05, 0) is 6.92 Å². The first kappa shape index (κ1) is 13.8. The number of carbonyl (C=O) groups excluding carboxylic acids is 1. The van der Waals surface area contributed by atoms with Gasteiger partial charge >= 0.3 is 0 Å². The Hall–Kier alpha value is -2.61. The van der Waals surface area contributed by atoms with E-state index in [0.717, 1.165) is 5.56 Å². The molecular formula is C15H15N3O2. The Morgan fingerprint density at radius 3 is 2.80 bits per heavy atom. The minimum absolute atomic E-state index is 0.218. The summed E-state index contributed by atoms with van der Waals surface area (Å²) in [5, 5.41) is 12.6. The number of hydrogen-bond donors (Lipinski definition) is 0. The van der Waals surface area contributed by atoms with Crippen LogP contribution in [0.4, 0.5) is 0 Å². The lowest BCUT2D eigenvalue weighted by molar-refractivity contribution is 0.0775. The minimum Gasteiger partial charge on any atom is -0.355 e. The van der Waals surface area contributed by atoms with Crippen molar-refractivity contribution in [3.05, 3.63) is 42.1 Å². The van der Waals surface area contributed by atoms with Crippen molar-refractivity contribution >= 4 is 5.91 Å². The van der Waals surface area contributed by atoms with Gasteiger partial charge < -0.3 is 9.42 Å². The predicted molar refractivity (Wildman–Crippen MR) is 73.7 cm³/mol. The van der Waals surface area contributed by atoms with Gasteiger partial charge in [0.2, 0.25) is 0 Å². The average Bonchev–Trinajstić information content (AvgIpc) is 2.97. The summed E-state index contributed by atoms with van der Waals surface area (Å²) in [4.78, 5) is 13.6. The maximum atomic E-state index is 12.1. The molecule has 0 saturated carbocycles. The maximum absolute atomic E-state index is 12.1. The maximum Gasteiger partial charge on any atom is 0.275 e. The van der Waals surface area contributed by atoms with Crippen LogP contribution in [0.15, 0.2) is 40.9 Å². The number of carbonyl (C=O) groups is 1. The first-order chi connectivity index (χ1) is 9.61. The topological polar surface area (TPSA) is 70.1 Å². The number of amides is 1. The van der Waals surface area contributed by atoms with Gasteiger partial charge in [-0.1, -0.05) is 35.5 Å². The normalized spacial score (nSPS) is 11.7. The molecule has 0 aliphatic rings. The van der Waals surface area contributed by atoms with Crippen molar-refractivity contribution in [2.45, 2.75) is 6.92 Å². The van der Waals surface area contributed by atoms with Crippen molar-refractivity contribution in [3.63, 3.8) is 0 Å². The van der Waals surface area contributed by atoms with E-state index in [9.17, 15) is 4.79 Å². The fourth-order valence-corrected chi connectivity index (χ4v) is 1.84. The molecule has 0 aliphatic heterocycles. The van der Waals surface area contributed by atoms with Crippen molar-refractivity contribution < 1.29 is 9.32 Å². The monoisotopic (exact) mass is 269 g/mol. The van der Waals surface area contributed by atoms with Crippen molar-refractivity contribution in [2.24, 2.45) is 5.92 Å². The van der Waals surface area contributed by atoms with Gasteiger partial charge in [0.15, 0.2) is 11.5 Å². The van der Waals surface area contributed by atoms with Crippen LogP contribution in [0.5, 0.6) is 0 Å². The van der Waals surface area contributed by atoms with Gasteiger partial charge in [0.25, 0.3) is 5.91 Å². The molecular weight excluding hydrogens is 254 g/mol. The highest BCUT2D eigenvalue weighted by Crippen LogP contribution is 2.20. The molecule has 2 aromatic rings. The van der Waals surface area contributed by atoms with Crippen LogP contribution in [-0.2, 0) is 0 Å². The molecule has 0 radical (unpaired) electrons. The second-order valence-corrected chi connectivity index (χ2v) is 4.66. The molecule has 0 spiro atoms. The molecule has 0 N–H and O–H groups in total. The number of benzene rings is 1. The molecule has 0 saturated heterocycles. The van der Waals surface area contributed by atoms with E-state index in [4.69, 9.17) is 9.78 Å². The molecule has 2 rings (SSSR count). The Morgan fingerprint density at radius 1 is 1.45 bits per heavy atom. The highest BCUT2D eigenvalue weighted by Gasteiger charge is 2.18. The number of hydrogen-bond acceptors (Lipinski definition) is 4. The van der Waals surface area contributed by atoms with Crippen LogP contribution in [-0.4, -0.2) is 29.6 Å². The standard InChI is InChI=1S/C15H15N3O2/c1-11(9-16)10-18(2)15(19)13-8-14(20-17-13)12-6-4-3-5-7-12/h3-8,11H,10H2,1-2H3/t11-/m1/s1. The zero-order valence-electron chi connectivity index (χ0n) is 11.4. The van der Waals surface area contributed by atoms with Gasteiger partial charge in [0.1, 0.15) is 0 Å². The lowest BCUT2D eigenvalue weighted by atomic mass is 10.1. The number of rotatable bonds is 4. The Balaban J connectivity index is 2.13. The van der Waals surface area contributed by atoms with E-state index < -0.39 is 0 Å². The third-order valence-electron chi connectivity index (χ3n) is 2.90. The van der Waals surface area contributed by atoms with Crippen molar-refractivity contribution in [1.82, 2.24) is 10.1 Å². The fourth-order valence-electron chi connectivity index (χ4n) is 1.84. The molecule has 20 heavy (non-hydrogen) atoms. The van der Waals surface area contributed by atoms with Crippen LogP contribution in [0.25, 0.3) is 11.3 Å². The average molecular weight is 269 g/mol. The zero-order valence-corrected chi connectivity index (χ0v) is 11.4. The summed E-state index contributed by atoms with van der Waals surface area (Å²) in [6.45, 7) is 2.13. The zero-order chi connectivity index (χ0) is 14.5. The lowest BCUT2D eigenvalue weighted by Gasteiger charge is -2.16. The molecule has 1 heterocycles. The van der Waals surface area contributed by atoms with Crippen LogP contribution in [0.2, 0.25) is 0 Å². The Bertz CT molecular complexity index is 628. The van der Waals surface area contributed by atoms with E-state index in [1.807, 2.05) is 30.3 Å². The van der Waals surface area contributed by atoms with Crippen molar-refractivity contribution in [1.29, 1.82) is 5.26 Å². The van der Waals surface area contributed by atoms with Crippen LogP contribution in [0, 0.1) is 17.2 Å². The Morgan fingerprint density at radius 2 is 2.15 bits per heavy atom. The molecule has 0 fully saturated rings. The van der Waals surface area contributed by atoms with E-state index in [1.165, 1.54) is 4.90 Å². The van der Waals surface area contributed by atoms with E-state index in [1.54, 1.807) is 20.0 Å². The summed E-state index contributed by atoms with van der Waals surface area (Å²) >= 11 is 0. The van der Waals surface area contributed by atoms with E-state index in [2.05, 4.69) is 11.2 Å². The second kappa shape index (κ2) is 6.02. The molecule has 5 heteroatoms. The molecule has 0 unspecified atom stereocenters. The van der Waals surface area contributed by atoms with Gasteiger partial charge in [-0.3, -0.25) is 4.79 Å². The fraction of sp³-hybridized carbons (Fsp3) is 0.267. The van der Waals surface area contributed by atoms with E-state index >= 15 is 0 Å². The Labute approximate surface area is 117 Å². The van der Waals surface area contributed by atoms with Crippen molar-refractivity contribution in [2.75, 3.05) is 13.6 Å². The summed E-state index contributed by atoms with van der Waals surface area (Å²) in [6.07, 6.45) is 0. The molecule has 5 nitrogen and oxygen atoms in total. The molecule has 0 bridgehead atoms. The molecule has 1 aromatic carbocycles. The van der Waals surface area contributed by atoms with Gasteiger partial charge in [-0.2, -0.15) is 5.26 Å². The summed E-state index contributed by atoms with van der Waals surface area (Å²) in [7, 11) is 1.65. The molecule has 1 atom stereocenters. The second-order valence-electron chi connectivity index (χ2n) is 4.66. The first-order valence-corrected chi connectivity index (χ1v) is 6.29. The van der Waals surface area contributed by atoms with Gasteiger partial charge in [-0.15, -0.1) is 0 Å². The van der Waals surface area contributed by atoms with Gasteiger partial charge in [-0.25, -0.2) is 0 Å². The minimum atomic E-state index is -0.252. The van der Waals surface area contributed by atoms with E-state index in [-0.39, 0.29) is 17.5 Å². The number of aromatic nitrogens is 1. The lowest BCUT2D eigenvalue weighted by Crippen LogP contribution is -2.30. The van der Waals surface area contributed by atoms with Crippen LogP contribution in [0.1, 0.15) is 17.4 Å². The Kier molecular flexibility index (Phi) is 4.16. The van der Waals surface area contributed by atoms with Gasteiger partial charge in [0, 0.05) is 25.2 Å². The van der Waals surface area contributed by atoms with Crippen molar-refractivity contribution in [3.8, 4) is 17.4 Å². The number of nitrogens with zero attached hydrogens (tertiary/aromatic N) is 3. The summed E-state index contributed by atoms with van der Waals surface area (Å²) < 4.78 is 5.19. The third-order valence-corrected chi connectivity index (χ3v) is 2.90. The van der Waals surface area contributed by atoms with E-state index in [0.29, 0.717) is 12.3 Å². The highest BCUT2D eigenvalue weighted by molar-refractivity contribution is 5.92. The predicted octanol–water partition coefficient (Wildman–Crippen LogP) is 2.57. The van der Waals surface area contributed by atoms with Crippen LogP contribution >= 0.6 is 0 Å². The third kappa shape index (κ3) is 3.04. The molecule has 1 aromatic heterocycles. The number of nitriles is 1. The van der Waals surface area contributed by atoms with Crippen LogP contribution in [0.3, 0.4) is 0 Å². The summed E-state index contributed by atoms with van der Waals surface area (Å²) in [5.74, 6) is 0.0816. The molecule has 1 amide bonds. The summed E-state index contributed by atoms with van der Waals surface area (Å²) in [6, 6.07) is 13.2. The smallest absolute Gasteiger partial charge is 0.275 e. The molecule has 0 aliphatic carbocycles. The molecule has 102 valence electrons. The van der Waals surface area contributed by atoms with Gasteiger partial charge in [0.05, 0.1) is 12.0 Å². The quantitative estimate of drug-likeness (QED) is 0.855. The highest BCUT2D eigenvalue weighted by atomic mass is 16.5. The van der Waals surface area contributed by atoms with Crippen LogP contribution < -0.4 is 0 Å². The summed E-state index contributed by atoms with van der Waals surface area (Å²) in [5.41, 5.74) is 1.11. The largest absolute Gasteiger partial charge is 0.355 e.